The zero-order valence-electron chi connectivity index (χ0n) is 15.2. The van der Waals surface area contributed by atoms with Gasteiger partial charge in [0.25, 0.3) is 0 Å². The molecule has 7 heteroatoms. The van der Waals surface area contributed by atoms with E-state index in [4.69, 9.17) is 9.47 Å². The van der Waals surface area contributed by atoms with E-state index in [0.717, 1.165) is 24.0 Å². The number of esters is 1. The Balaban J connectivity index is 1.56. The molecule has 1 saturated heterocycles. The van der Waals surface area contributed by atoms with Crippen molar-refractivity contribution in [3.8, 4) is 0 Å². The van der Waals surface area contributed by atoms with Crippen LogP contribution in [0.5, 0.6) is 0 Å². The summed E-state index contributed by atoms with van der Waals surface area (Å²) in [4.78, 5) is 12.2. The minimum Gasteiger partial charge on any atom is -0.457 e. The molecule has 0 saturated carbocycles. The number of carbonyl (C=O) groups excluding carboxylic acids is 1. The van der Waals surface area contributed by atoms with Gasteiger partial charge in [0.15, 0.2) is 0 Å². The molecule has 1 atom stereocenters. The minimum absolute atomic E-state index is 0.0733. The monoisotopic (exact) mass is 389 g/mol. The maximum atomic E-state index is 12.3. The van der Waals surface area contributed by atoms with Crippen LogP contribution < -0.4 is 4.72 Å². The molecule has 1 aliphatic heterocycles. The molecule has 0 spiro atoms. The average Bonchev–Trinajstić information content (AvgIpc) is 3.20. The third kappa shape index (κ3) is 5.38. The van der Waals surface area contributed by atoms with Crippen molar-refractivity contribution < 1.29 is 22.7 Å². The number of hydrogen-bond donors (Lipinski definition) is 1. The Hall–Kier alpha value is -2.22. The Morgan fingerprint density at radius 1 is 1.15 bits per heavy atom. The molecular weight excluding hydrogens is 366 g/mol. The average molecular weight is 389 g/mol. The first-order valence-electron chi connectivity index (χ1n) is 8.88. The van der Waals surface area contributed by atoms with Crippen LogP contribution in [-0.2, 0) is 26.1 Å². The van der Waals surface area contributed by atoms with E-state index >= 15 is 0 Å². The molecule has 144 valence electrons. The largest absolute Gasteiger partial charge is 0.457 e. The molecule has 1 unspecified atom stereocenters. The van der Waals surface area contributed by atoms with Crippen LogP contribution in [0.15, 0.2) is 53.4 Å². The topological polar surface area (TPSA) is 81.7 Å². The summed E-state index contributed by atoms with van der Waals surface area (Å²) in [6.45, 7) is 3.08. The predicted molar refractivity (Wildman–Crippen MR) is 101 cm³/mol. The van der Waals surface area contributed by atoms with Crippen molar-refractivity contribution >= 4 is 16.0 Å². The van der Waals surface area contributed by atoms with Crippen LogP contribution >= 0.6 is 0 Å². The van der Waals surface area contributed by atoms with Crippen molar-refractivity contribution in [2.45, 2.75) is 37.4 Å². The number of hydrogen-bond acceptors (Lipinski definition) is 5. The van der Waals surface area contributed by atoms with Gasteiger partial charge in [0.1, 0.15) is 6.61 Å². The van der Waals surface area contributed by atoms with Gasteiger partial charge in [-0.1, -0.05) is 29.8 Å². The van der Waals surface area contributed by atoms with Crippen LogP contribution in [0.1, 0.15) is 34.3 Å². The normalized spacial score (nSPS) is 17.0. The first kappa shape index (κ1) is 19.5. The Labute approximate surface area is 159 Å². The van der Waals surface area contributed by atoms with Gasteiger partial charge < -0.3 is 9.47 Å². The van der Waals surface area contributed by atoms with Gasteiger partial charge in [-0.25, -0.2) is 17.9 Å². The highest BCUT2D eigenvalue weighted by atomic mass is 32.2. The number of benzene rings is 2. The molecule has 1 aliphatic rings. The second-order valence-corrected chi connectivity index (χ2v) is 8.34. The SMILES string of the molecule is Cc1ccc(COC(=O)c2ccc(S(=O)(=O)NCC3CCCO3)cc2)cc1. The molecule has 0 radical (unpaired) electrons. The van der Waals surface area contributed by atoms with Crippen molar-refractivity contribution in [3.63, 3.8) is 0 Å². The Morgan fingerprint density at radius 2 is 1.85 bits per heavy atom. The number of nitrogens with one attached hydrogen (secondary N) is 1. The van der Waals surface area contributed by atoms with Crippen LogP contribution in [0.25, 0.3) is 0 Å². The van der Waals surface area contributed by atoms with Crippen molar-refractivity contribution in [3.05, 3.63) is 65.2 Å². The smallest absolute Gasteiger partial charge is 0.338 e. The summed E-state index contributed by atoms with van der Waals surface area (Å²) in [7, 11) is -3.63. The second kappa shape index (κ2) is 8.65. The quantitative estimate of drug-likeness (QED) is 0.737. The van der Waals surface area contributed by atoms with Crippen molar-refractivity contribution in [2.24, 2.45) is 0 Å². The zero-order chi connectivity index (χ0) is 19.3. The van der Waals surface area contributed by atoms with Gasteiger partial charge in [0, 0.05) is 13.2 Å². The number of sulfonamides is 1. The maximum Gasteiger partial charge on any atom is 0.338 e. The first-order chi connectivity index (χ1) is 12.9. The van der Waals surface area contributed by atoms with E-state index in [1.54, 1.807) is 0 Å². The fourth-order valence-corrected chi connectivity index (χ4v) is 3.84. The van der Waals surface area contributed by atoms with E-state index in [-0.39, 0.29) is 24.2 Å². The lowest BCUT2D eigenvalue weighted by Gasteiger charge is -2.11. The summed E-state index contributed by atoms with van der Waals surface area (Å²) in [6, 6.07) is 13.4. The molecule has 0 amide bonds. The molecule has 27 heavy (non-hydrogen) atoms. The lowest BCUT2D eigenvalue weighted by Crippen LogP contribution is -2.31. The van der Waals surface area contributed by atoms with Crippen molar-refractivity contribution in [1.29, 1.82) is 0 Å². The second-order valence-electron chi connectivity index (χ2n) is 6.57. The van der Waals surface area contributed by atoms with Gasteiger partial charge in [0.2, 0.25) is 10.0 Å². The zero-order valence-corrected chi connectivity index (χ0v) is 16.0. The Kier molecular flexibility index (Phi) is 6.26. The fourth-order valence-electron chi connectivity index (χ4n) is 2.78. The van der Waals surface area contributed by atoms with Crippen molar-refractivity contribution in [1.82, 2.24) is 4.72 Å². The van der Waals surface area contributed by atoms with Crippen LogP contribution in [0.4, 0.5) is 0 Å². The highest BCUT2D eigenvalue weighted by Gasteiger charge is 2.20. The van der Waals surface area contributed by atoms with Gasteiger partial charge in [-0.15, -0.1) is 0 Å². The molecule has 0 aliphatic carbocycles. The first-order valence-corrected chi connectivity index (χ1v) is 10.4. The molecule has 1 fully saturated rings. The van der Waals surface area contributed by atoms with Gasteiger partial charge >= 0.3 is 5.97 Å². The molecule has 1 heterocycles. The molecular formula is C20H23NO5S. The standard InChI is InChI=1S/C20H23NO5S/c1-15-4-6-16(7-5-15)14-26-20(22)17-8-10-19(11-9-17)27(23,24)21-13-18-3-2-12-25-18/h4-11,18,21H,2-3,12-14H2,1H3. The molecule has 2 aromatic carbocycles. The summed E-state index contributed by atoms with van der Waals surface area (Å²) in [5.41, 5.74) is 2.33. The summed E-state index contributed by atoms with van der Waals surface area (Å²) in [5, 5.41) is 0. The van der Waals surface area contributed by atoms with Crippen LogP contribution in [-0.4, -0.2) is 33.6 Å². The summed E-state index contributed by atoms with van der Waals surface area (Å²) in [6.07, 6.45) is 1.73. The van der Waals surface area contributed by atoms with Gasteiger partial charge in [-0.05, 0) is 49.6 Å². The van der Waals surface area contributed by atoms with E-state index in [9.17, 15) is 13.2 Å². The van der Waals surface area contributed by atoms with Gasteiger partial charge in [0.05, 0.1) is 16.6 Å². The Morgan fingerprint density at radius 3 is 2.48 bits per heavy atom. The van der Waals surface area contributed by atoms with E-state index < -0.39 is 16.0 Å². The van der Waals surface area contributed by atoms with E-state index in [0.29, 0.717) is 12.2 Å². The molecule has 2 aromatic rings. The van der Waals surface area contributed by atoms with Crippen LogP contribution in [0.2, 0.25) is 0 Å². The summed E-state index contributed by atoms with van der Waals surface area (Å²) in [5.74, 6) is -0.494. The minimum atomic E-state index is -3.63. The number of rotatable bonds is 7. The highest BCUT2D eigenvalue weighted by Crippen LogP contribution is 2.15. The molecule has 1 N–H and O–H groups in total. The van der Waals surface area contributed by atoms with E-state index in [2.05, 4.69) is 4.72 Å². The lowest BCUT2D eigenvalue weighted by molar-refractivity contribution is 0.0472. The number of aryl methyl sites for hydroxylation is 1. The number of carbonyl (C=O) groups is 1. The van der Waals surface area contributed by atoms with E-state index in [1.165, 1.54) is 24.3 Å². The van der Waals surface area contributed by atoms with Crippen molar-refractivity contribution in [2.75, 3.05) is 13.2 Å². The number of ether oxygens (including phenoxy) is 2. The van der Waals surface area contributed by atoms with Gasteiger partial charge in [-0.3, -0.25) is 0 Å². The lowest BCUT2D eigenvalue weighted by atomic mass is 10.2. The van der Waals surface area contributed by atoms with Gasteiger partial charge in [-0.2, -0.15) is 0 Å². The third-order valence-electron chi connectivity index (χ3n) is 4.42. The summed E-state index contributed by atoms with van der Waals surface area (Å²) >= 11 is 0. The molecule has 6 nitrogen and oxygen atoms in total. The molecule has 3 rings (SSSR count). The predicted octanol–water partition coefficient (Wildman–Crippen LogP) is 2.81. The maximum absolute atomic E-state index is 12.3. The highest BCUT2D eigenvalue weighted by molar-refractivity contribution is 7.89. The fraction of sp³-hybridized carbons (Fsp3) is 0.350. The molecule has 0 bridgehead atoms. The summed E-state index contributed by atoms with van der Waals surface area (Å²) < 4.78 is 37.9. The van der Waals surface area contributed by atoms with Crippen LogP contribution in [0.3, 0.4) is 0 Å². The van der Waals surface area contributed by atoms with E-state index in [1.807, 2.05) is 31.2 Å². The molecule has 0 aromatic heterocycles. The Bertz CT molecular complexity index is 870. The van der Waals surface area contributed by atoms with Crippen LogP contribution in [0, 0.1) is 6.92 Å². The third-order valence-corrected chi connectivity index (χ3v) is 5.86.